The van der Waals surface area contributed by atoms with Crippen LogP contribution in [0.2, 0.25) is 0 Å². The maximum absolute atomic E-state index is 2.27. The van der Waals surface area contributed by atoms with Crippen LogP contribution in [-0.2, 0) is 7.05 Å². The van der Waals surface area contributed by atoms with E-state index in [1.165, 1.54) is 11.5 Å². The summed E-state index contributed by atoms with van der Waals surface area (Å²) in [6, 6.07) is 16.7. The molecule has 1 aliphatic rings. The molecule has 19 heavy (non-hydrogen) atoms. The smallest absolute Gasteiger partial charge is 0.282 e. The van der Waals surface area contributed by atoms with Gasteiger partial charge in [0.05, 0.1) is 13.2 Å². The monoisotopic (exact) mass is 252 g/mol. The van der Waals surface area contributed by atoms with Gasteiger partial charge in [0, 0.05) is 18.0 Å². The average molecular weight is 252 g/mol. The van der Waals surface area contributed by atoms with Crippen molar-refractivity contribution in [3.05, 3.63) is 67.1 Å². The van der Waals surface area contributed by atoms with Crippen molar-refractivity contribution in [2.24, 2.45) is 7.05 Å². The quantitative estimate of drug-likeness (QED) is 0.761. The van der Waals surface area contributed by atoms with Crippen LogP contribution in [0, 0.1) is 0 Å². The Hall–Kier alpha value is -2.29. The molecule has 0 fully saturated rings. The molecule has 0 spiro atoms. The number of pyridine rings is 1. The Balaban J connectivity index is 1.90. The van der Waals surface area contributed by atoms with E-state index >= 15 is 0 Å². The number of hydrogen-bond acceptors (Lipinski definition) is 2. The summed E-state index contributed by atoms with van der Waals surface area (Å²) in [4.78, 5) is 4.54. The predicted octanol–water partition coefficient (Wildman–Crippen LogP) is 2.65. The van der Waals surface area contributed by atoms with Gasteiger partial charge in [-0.05, 0) is 25.1 Å². The highest BCUT2D eigenvalue weighted by atomic mass is 15.4. The second kappa shape index (κ2) is 4.76. The second-order valence-corrected chi connectivity index (χ2v) is 4.75. The van der Waals surface area contributed by atoms with Gasteiger partial charge in [-0.15, -0.1) is 0 Å². The van der Waals surface area contributed by atoms with Crippen LogP contribution >= 0.6 is 0 Å². The van der Waals surface area contributed by atoms with Gasteiger partial charge in [0.2, 0.25) is 0 Å². The highest BCUT2D eigenvalue weighted by Gasteiger charge is 2.31. The minimum Gasteiger partial charge on any atom is -0.305 e. The van der Waals surface area contributed by atoms with Crippen LogP contribution in [0.1, 0.15) is 6.92 Å². The van der Waals surface area contributed by atoms with Gasteiger partial charge in [-0.1, -0.05) is 24.3 Å². The first kappa shape index (κ1) is 11.8. The molecular formula is C16H18N3+. The summed E-state index contributed by atoms with van der Waals surface area (Å²) >= 11 is 0. The molecule has 0 bridgehead atoms. The Kier molecular flexibility index (Phi) is 2.95. The molecule has 3 heteroatoms. The second-order valence-electron chi connectivity index (χ2n) is 4.75. The largest absolute Gasteiger partial charge is 0.305 e. The van der Waals surface area contributed by atoms with Gasteiger partial charge in [0.1, 0.15) is 6.20 Å². The van der Waals surface area contributed by atoms with Gasteiger partial charge in [-0.3, -0.25) is 0 Å². The summed E-state index contributed by atoms with van der Waals surface area (Å²) < 4.78 is 2.13. The summed E-state index contributed by atoms with van der Waals surface area (Å²) in [6.07, 6.45) is 6.61. The zero-order valence-electron chi connectivity index (χ0n) is 11.3. The fraction of sp³-hybridized carbons (Fsp3) is 0.188. The number of anilines is 2. The molecule has 2 heterocycles. The van der Waals surface area contributed by atoms with E-state index in [9.17, 15) is 0 Å². The zero-order chi connectivity index (χ0) is 13.2. The predicted molar refractivity (Wildman–Crippen MR) is 77.6 cm³/mol. The maximum Gasteiger partial charge on any atom is 0.282 e. The number of benzene rings is 1. The molecule has 3 nitrogen and oxygen atoms in total. The van der Waals surface area contributed by atoms with Crippen molar-refractivity contribution < 1.29 is 4.57 Å². The summed E-state index contributed by atoms with van der Waals surface area (Å²) in [6.45, 7) is 2.21. The van der Waals surface area contributed by atoms with Crippen molar-refractivity contribution in [3.8, 4) is 0 Å². The fourth-order valence-electron chi connectivity index (χ4n) is 2.48. The molecule has 0 amide bonds. The first-order chi connectivity index (χ1) is 9.27. The summed E-state index contributed by atoms with van der Waals surface area (Å²) in [5.74, 6) is 1.18. The van der Waals surface area contributed by atoms with Crippen LogP contribution in [0.5, 0.6) is 0 Å². The SMILES string of the molecule is C[C@H]1N(c2ccccc2)C=CN1c1cccc[n+]1C. The standard InChI is InChI=1S/C16H18N3/c1-14-18(15-8-4-3-5-9-15)12-13-19(14)16-10-6-7-11-17(16)2/h3-14H,1-2H3/q+1/t14-/m0/s1. The van der Waals surface area contributed by atoms with Crippen molar-refractivity contribution in [3.63, 3.8) is 0 Å². The molecule has 0 aliphatic carbocycles. The van der Waals surface area contributed by atoms with E-state index in [1.807, 2.05) is 12.1 Å². The normalized spacial score (nSPS) is 18.1. The molecule has 0 N–H and O–H groups in total. The van der Waals surface area contributed by atoms with Gasteiger partial charge in [-0.2, -0.15) is 0 Å². The fourth-order valence-corrected chi connectivity index (χ4v) is 2.48. The first-order valence-electron chi connectivity index (χ1n) is 6.52. The van der Waals surface area contributed by atoms with Gasteiger partial charge in [-0.25, -0.2) is 9.47 Å². The highest BCUT2D eigenvalue weighted by Crippen LogP contribution is 2.26. The van der Waals surface area contributed by atoms with Gasteiger partial charge >= 0.3 is 0 Å². The van der Waals surface area contributed by atoms with E-state index in [4.69, 9.17) is 0 Å². The first-order valence-corrected chi connectivity index (χ1v) is 6.52. The number of rotatable bonds is 2. The molecule has 1 aromatic heterocycles. The lowest BCUT2D eigenvalue weighted by Gasteiger charge is -2.24. The minimum absolute atomic E-state index is 0.274. The Morgan fingerprint density at radius 3 is 2.32 bits per heavy atom. The van der Waals surface area contributed by atoms with Crippen molar-refractivity contribution in [1.29, 1.82) is 0 Å². The van der Waals surface area contributed by atoms with Crippen molar-refractivity contribution in [2.75, 3.05) is 9.80 Å². The average Bonchev–Trinajstić information content (AvgIpc) is 2.82. The van der Waals surface area contributed by atoms with E-state index in [1.54, 1.807) is 0 Å². The maximum atomic E-state index is 2.27. The van der Waals surface area contributed by atoms with Gasteiger partial charge in [0.15, 0.2) is 6.17 Å². The van der Waals surface area contributed by atoms with Crippen LogP contribution in [-0.4, -0.2) is 6.17 Å². The number of aromatic nitrogens is 1. The van der Waals surface area contributed by atoms with Crippen LogP contribution < -0.4 is 14.4 Å². The Bertz CT molecular complexity index is 592. The highest BCUT2D eigenvalue weighted by molar-refractivity contribution is 5.57. The molecule has 0 radical (unpaired) electrons. The topological polar surface area (TPSA) is 10.4 Å². The third-order valence-electron chi connectivity index (χ3n) is 3.54. The number of nitrogens with zero attached hydrogens (tertiary/aromatic N) is 3. The Morgan fingerprint density at radius 1 is 0.895 bits per heavy atom. The molecule has 1 atom stereocenters. The molecule has 0 unspecified atom stereocenters. The zero-order valence-corrected chi connectivity index (χ0v) is 11.3. The minimum atomic E-state index is 0.274. The lowest BCUT2D eigenvalue weighted by Crippen LogP contribution is -2.43. The molecule has 1 aromatic carbocycles. The Morgan fingerprint density at radius 2 is 1.58 bits per heavy atom. The van der Waals surface area contributed by atoms with E-state index in [-0.39, 0.29) is 6.17 Å². The van der Waals surface area contributed by atoms with E-state index < -0.39 is 0 Å². The molecule has 1 aliphatic heterocycles. The van der Waals surface area contributed by atoms with Crippen LogP contribution in [0.15, 0.2) is 67.1 Å². The summed E-state index contributed by atoms with van der Waals surface area (Å²) in [5.41, 5.74) is 1.22. The number of aryl methyl sites for hydroxylation is 1. The summed E-state index contributed by atoms with van der Waals surface area (Å²) in [5, 5.41) is 0. The summed E-state index contributed by atoms with van der Waals surface area (Å²) in [7, 11) is 2.07. The third kappa shape index (κ3) is 2.08. The van der Waals surface area contributed by atoms with Crippen LogP contribution in [0.25, 0.3) is 0 Å². The van der Waals surface area contributed by atoms with E-state index in [0.717, 1.165) is 0 Å². The lowest BCUT2D eigenvalue weighted by atomic mass is 10.3. The number of para-hydroxylation sites is 1. The van der Waals surface area contributed by atoms with E-state index in [2.05, 4.69) is 83.3 Å². The van der Waals surface area contributed by atoms with Crippen LogP contribution in [0.3, 0.4) is 0 Å². The molecule has 0 saturated heterocycles. The molecular weight excluding hydrogens is 234 g/mol. The van der Waals surface area contributed by atoms with Crippen LogP contribution in [0.4, 0.5) is 11.5 Å². The van der Waals surface area contributed by atoms with Gasteiger partial charge in [0.25, 0.3) is 5.82 Å². The van der Waals surface area contributed by atoms with Gasteiger partial charge < -0.3 is 4.90 Å². The van der Waals surface area contributed by atoms with Crippen molar-refractivity contribution in [1.82, 2.24) is 0 Å². The molecule has 3 rings (SSSR count). The molecule has 0 saturated carbocycles. The van der Waals surface area contributed by atoms with E-state index in [0.29, 0.717) is 0 Å². The molecule has 2 aromatic rings. The number of hydrogen-bond donors (Lipinski definition) is 0. The molecule has 96 valence electrons. The lowest BCUT2D eigenvalue weighted by molar-refractivity contribution is -0.658. The third-order valence-corrected chi connectivity index (χ3v) is 3.54. The van der Waals surface area contributed by atoms with Crippen molar-refractivity contribution >= 4 is 11.5 Å². The Labute approximate surface area is 114 Å². The van der Waals surface area contributed by atoms with Crippen molar-refractivity contribution in [2.45, 2.75) is 13.1 Å².